The number of ether oxygens (including phenoxy) is 2. The van der Waals surface area contributed by atoms with Crippen LogP contribution in [0.5, 0.6) is 5.75 Å². The summed E-state index contributed by atoms with van der Waals surface area (Å²) >= 11 is 0. The Morgan fingerprint density at radius 2 is 1.93 bits per heavy atom. The smallest absolute Gasteiger partial charge is 0.259 e. The number of morpholine rings is 1. The lowest BCUT2D eigenvalue weighted by Gasteiger charge is -2.26. The van der Waals surface area contributed by atoms with Crippen molar-refractivity contribution in [2.75, 3.05) is 44.8 Å². The summed E-state index contributed by atoms with van der Waals surface area (Å²) in [6.45, 7) is 8.94. The van der Waals surface area contributed by atoms with E-state index in [9.17, 15) is 4.79 Å². The Morgan fingerprint density at radius 3 is 2.69 bits per heavy atom. The monoisotopic (exact) mass is 394 g/mol. The Labute approximate surface area is 170 Å². The van der Waals surface area contributed by atoms with Crippen molar-refractivity contribution in [1.82, 2.24) is 14.3 Å². The first kappa shape index (κ1) is 19.4. The summed E-state index contributed by atoms with van der Waals surface area (Å²) in [6, 6.07) is 11.2. The van der Waals surface area contributed by atoms with E-state index in [0.717, 1.165) is 55.7 Å². The first-order valence-corrected chi connectivity index (χ1v) is 9.90. The Bertz CT molecular complexity index is 991. The molecule has 0 saturated carbocycles. The molecule has 3 aromatic rings. The number of hydrogen-bond acceptors (Lipinski definition) is 5. The van der Waals surface area contributed by atoms with Gasteiger partial charge in [-0.05, 0) is 50.2 Å². The Balaban J connectivity index is 1.35. The SMILES string of the molecule is Cc1cc(C)n2ccc(C(=O)Nc3ccc(OCCN4CCOCC4)cc3)c2n1. The minimum Gasteiger partial charge on any atom is -0.492 e. The third-order valence-electron chi connectivity index (χ3n) is 5.08. The van der Waals surface area contributed by atoms with E-state index in [1.54, 1.807) is 6.07 Å². The lowest BCUT2D eigenvalue weighted by atomic mass is 10.2. The van der Waals surface area contributed by atoms with Gasteiger partial charge < -0.3 is 19.2 Å². The van der Waals surface area contributed by atoms with Crippen molar-refractivity contribution < 1.29 is 14.3 Å². The number of fused-ring (bicyclic) bond motifs is 1. The third kappa shape index (κ3) is 4.58. The lowest BCUT2D eigenvalue weighted by Crippen LogP contribution is -2.38. The summed E-state index contributed by atoms with van der Waals surface area (Å²) in [5, 5.41) is 2.94. The van der Waals surface area contributed by atoms with E-state index in [0.29, 0.717) is 17.8 Å². The maximum Gasteiger partial charge on any atom is 0.259 e. The van der Waals surface area contributed by atoms with Gasteiger partial charge in [-0.1, -0.05) is 0 Å². The van der Waals surface area contributed by atoms with E-state index in [4.69, 9.17) is 9.47 Å². The van der Waals surface area contributed by atoms with Gasteiger partial charge in [0, 0.05) is 42.9 Å². The van der Waals surface area contributed by atoms with Gasteiger partial charge in [-0.25, -0.2) is 4.98 Å². The molecule has 7 heteroatoms. The highest BCUT2D eigenvalue weighted by Gasteiger charge is 2.14. The number of amides is 1. The predicted molar refractivity (Wildman–Crippen MR) is 112 cm³/mol. The molecular weight excluding hydrogens is 368 g/mol. The number of aryl methyl sites for hydroxylation is 2. The van der Waals surface area contributed by atoms with E-state index in [2.05, 4.69) is 15.2 Å². The average Bonchev–Trinajstić information content (AvgIpc) is 3.14. The standard InChI is InChI=1S/C22H26N4O3/c1-16-15-17(2)26-8-7-20(21(26)23-16)22(27)24-18-3-5-19(6-4-18)29-14-11-25-9-12-28-13-10-25/h3-8,15H,9-14H2,1-2H3,(H,24,27). The van der Waals surface area contributed by atoms with Gasteiger partial charge in [0.1, 0.15) is 18.0 Å². The molecule has 1 saturated heterocycles. The van der Waals surface area contributed by atoms with Crippen LogP contribution in [0.3, 0.4) is 0 Å². The minimum atomic E-state index is -0.175. The van der Waals surface area contributed by atoms with Crippen molar-refractivity contribution in [3.8, 4) is 5.75 Å². The fraction of sp³-hybridized carbons (Fsp3) is 0.364. The highest BCUT2D eigenvalue weighted by molar-refractivity contribution is 6.08. The number of aromatic nitrogens is 2. The van der Waals surface area contributed by atoms with E-state index in [1.165, 1.54) is 0 Å². The molecule has 0 atom stereocenters. The van der Waals surface area contributed by atoms with Crippen LogP contribution in [0, 0.1) is 13.8 Å². The average molecular weight is 394 g/mol. The molecule has 2 aromatic heterocycles. The molecule has 4 rings (SSSR count). The maximum atomic E-state index is 12.7. The number of rotatable bonds is 6. The zero-order valence-electron chi connectivity index (χ0n) is 16.9. The maximum absolute atomic E-state index is 12.7. The Morgan fingerprint density at radius 1 is 1.17 bits per heavy atom. The molecule has 1 aliphatic rings. The lowest BCUT2D eigenvalue weighted by molar-refractivity contribution is 0.0322. The zero-order valence-corrected chi connectivity index (χ0v) is 16.9. The molecule has 1 amide bonds. The van der Waals surface area contributed by atoms with Gasteiger partial charge in [-0.15, -0.1) is 0 Å². The Hall–Kier alpha value is -2.90. The van der Waals surface area contributed by atoms with E-state index in [1.807, 2.05) is 54.8 Å². The zero-order chi connectivity index (χ0) is 20.2. The molecule has 29 heavy (non-hydrogen) atoms. The van der Waals surface area contributed by atoms with Crippen LogP contribution in [-0.4, -0.2) is 59.6 Å². The largest absolute Gasteiger partial charge is 0.492 e. The molecule has 1 aromatic carbocycles. The normalized spacial score (nSPS) is 14.8. The van der Waals surface area contributed by atoms with Crippen LogP contribution in [0.15, 0.2) is 42.6 Å². The molecule has 0 aliphatic carbocycles. The molecule has 7 nitrogen and oxygen atoms in total. The van der Waals surface area contributed by atoms with Crippen molar-refractivity contribution in [2.45, 2.75) is 13.8 Å². The number of anilines is 1. The van der Waals surface area contributed by atoms with E-state index in [-0.39, 0.29) is 5.91 Å². The fourth-order valence-electron chi connectivity index (χ4n) is 3.52. The number of nitrogens with zero attached hydrogens (tertiary/aromatic N) is 3. The molecule has 1 fully saturated rings. The summed E-state index contributed by atoms with van der Waals surface area (Å²) in [5.74, 6) is 0.615. The number of nitrogens with one attached hydrogen (secondary N) is 1. The van der Waals surface area contributed by atoms with Gasteiger partial charge in [-0.3, -0.25) is 9.69 Å². The van der Waals surface area contributed by atoms with Crippen LogP contribution < -0.4 is 10.1 Å². The second-order valence-corrected chi connectivity index (χ2v) is 7.24. The number of hydrogen-bond donors (Lipinski definition) is 1. The topological polar surface area (TPSA) is 68.1 Å². The molecule has 0 spiro atoms. The van der Waals surface area contributed by atoms with Crippen molar-refractivity contribution in [2.24, 2.45) is 0 Å². The van der Waals surface area contributed by atoms with Gasteiger partial charge in [0.05, 0.1) is 18.8 Å². The van der Waals surface area contributed by atoms with Crippen molar-refractivity contribution >= 4 is 17.2 Å². The molecule has 0 unspecified atom stereocenters. The number of carbonyl (C=O) groups is 1. The first-order valence-electron chi connectivity index (χ1n) is 9.90. The third-order valence-corrected chi connectivity index (χ3v) is 5.08. The summed E-state index contributed by atoms with van der Waals surface area (Å²) in [5.41, 5.74) is 3.89. The molecule has 3 heterocycles. The molecule has 0 radical (unpaired) electrons. The number of benzene rings is 1. The molecular formula is C22H26N4O3. The second-order valence-electron chi connectivity index (χ2n) is 7.24. The van der Waals surface area contributed by atoms with Gasteiger partial charge in [0.25, 0.3) is 5.91 Å². The minimum absolute atomic E-state index is 0.175. The van der Waals surface area contributed by atoms with Crippen LogP contribution in [0.2, 0.25) is 0 Å². The molecule has 1 N–H and O–H groups in total. The van der Waals surface area contributed by atoms with Crippen LogP contribution in [0.25, 0.3) is 5.65 Å². The van der Waals surface area contributed by atoms with Gasteiger partial charge in [0.2, 0.25) is 0 Å². The summed E-state index contributed by atoms with van der Waals surface area (Å²) in [7, 11) is 0. The van der Waals surface area contributed by atoms with Crippen molar-refractivity contribution in [3.05, 3.63) is 59.5 Å². The number of carbonyl (C=O) groups excluding carboxylic acids is 1. The fourth-order valence-corrected chi connectivity index (χ4v) is 3.52. The highest BCUT2D eigenvalue weighted by Crippen LogP contribution is 2.19. The van der Waals surface area contributed by atoms with E-state index < -0.39 is 0 Å². The molecule has 1 aliphatic heterocycles. The van der Waals surface area contributed by atoms with Crippen LogP contribution >= 0.6 is 0 Å². The predicted octanol–water partition coefficient (Wildman–Crippen LogP) is 2.91. The van der Waals surface area contributed by atoms with Crippen LogP contribution in [-0.2, 0) is 4.74 Å². The first-order chi connectivity index (χ1) is 14.1. The summed E-state index contributed by atoms with van der Waals surface area (Å²) in [4.78, 5) is 19.6. The summed E-state index contributed by atoms with van der Waals surface area (Å²) < 4.78 is 13.1. The molecule has 0 bridgehead atoms. The molecule has 152 valence electrons. The van der Waals surface area contributed by atoms with Gasteiger partial charge >= 0.3 is 0 Å². The Kier molecular flexibility index (Phi) is 5.78. The van der Waals surface area contributed by atoms with Gasteiger partial charge in [-0.2, -0.15) is 0 Å². The highest BCUT2D eigenvalue weighted by atomic mass is 16.5. The second kappa shape index (κ2) is 8.63. The van der Waals surface area contributed by atoms with Crippen molar-refractivity contribution in [3.63, 3.8) is 0 Å². The van der Waals surface area contributed by atoms with Crippen LogP contribution in [0.4, 0.5) is 5.69 Å². The van der Waals surface area contributed by atoms with Crippen LogP contribution in [0.1, 0.15) is 21.7 Å². The quantitative estimate of drug-likeness (QED) is 0.696. The van der Waals surface area contributed by atoms with Crippen molar-refractivity contribution in [1.29, 1.82) is 0 Å². The van der Waals surface area contributed by atoms with E-state index >= 15 is 0 Å². The summed E-state index contributed by atoms with van der Waals surface area (Å²) in [6.07, 6.45) is 1.87. The van der Waals surface area contributed by atoms with Gasteiger partial charge in [0.15, 0.2) is 0 Å².